The third-order valence-electron chi connectivity index (χ3n) is 5.05. The van der Waals surface area contributed by atoms with Gasteiger partial charge in [-0.3, -0.25) is 0 Å². The van der Waals surface area contributed by atoms with Crippen LogP contribution in [0.15, 0.2) is 108 Å². The third kappa shape index (κ3) is 9.63. The summed E-state index contributed by atoms with van der Waals surface area (Å²) in [6.45, 7) is 1.78. The molecule has 0 radical (unpaired) electrons. The number of rotatable bonds is 3. The molecule has 37 heavy (non-hydrogen) atoms. The number of para-hydroxylation sites is 4. The lowest BCUT2D eigenvalue weighted by Crippen LogP contribution is -2.14. The van der Waals surface area contributed by atoms with Crippen molar-refractivity contribution >= 4 is 11.8 Å². The van der Waals surface area contributed by atoms with Gasteiger partial charge in [0.25, 0.3) is 0 Å². The maximum Gasteiger partial charge on any atom is 0.231 e. The van der Waals surface area contributed by atoms with Crippen molar-refractivity contribution in [2.75, 3.05) is 33.4 Å². The summed E-state index contributed by atoms with van der Waals surface area (Å²) in [6.07, 6.45) is 2.08. The van der Waals surface area contributed by atoms with Crippen LogP contribution in [0.2, 0.25) is 0 Å². The molecular formula is C30H32O6S. The van der Waals surface area contributed by atoms with Gasteiger partial charge in [-0.1, -0.05) is 54.6 Å². The molecule has 0 bridgehead atoms. The van der Waals surface area contributed by atoms with Gasteiger partial charge in [-0.25, -0.2) is 0 Å². The summed E-state index contributed by atoms with van der Waals surface area (Å²) in [7, 11) is 1.62. The van der Waals surface area contributed by atoms with Gasteiger partial charge in [-0.2, -0.15) is 0 Å². The van der Waals surface area contributed by atoms with E-state index in [1.165, 1.54) is 4.90 Å². The molecule has 2 aliphatic heterocycles. The Morgan fingerprint density at radius 1 is 0.649 bits per heavy atom. The van der Waals surface area contributed by atoms with E-state index in [9.17, 15) is 0 Å². The average molecular weight is 521 g/mol. The molecule has 2 aliphatic rings. The van der Waals surface area contributed by atoms with Crippen LogP contribution in [0.5, 0.6) is 28.7 Å². The number of aliphatic hydroxyl groups is 1. The zero-order chi connectivity index (χ0) is 26.1. The Hall–Kier alpha value is -3.81. The number of hydrogen-bond acceptors (Lipinski definition) is 7. The fourth-order valence-corrected chi connectivity index (χ4v) is 3.55. The number of fused-ring (bicyclic) bond motifs is 2. The lowest BCUT2D eigenvalue weighted by atomic mass is 10.2. The van der Waals surface area contributed by atoms with Crippen molar-refractivity contribution in [1.29, 1.82) is 0 Å². The van der Waals surface area contributed by atoms with Gasteiger partial charge in [0, 0.05) is 4.90 Å². The predicted octanol–water partition coefficient (Wildman–Crippen LogP) is 6.47. The second-order valence-electron chi connectivity index (χ2n) is 7.52. The Bertz CT molecular complexity index is 1100. The first kappa shape index (κ1) is 27.8. The van der Waals surface area contributed by atoms with Crippen molar-refractivity contribution < 1.29 is 28.8 Å². The van der Waals surface area contributed by atoms with Gasteiger partial charge in [0.15, 0.2) is 23.0 Å². The fraction of sp³-hybridized carbons (Fsp3) is 0.200. The first-order chi connectivity index (χ1) is 18.2. The highest BCUT2D eigenvalue weighted by molar-refractivity contribution is 7.98. The van der Waals surface area contributed by atoms with Gasteiger partial charge in [0.2, 0.25) is 6.79 Å². The number of methoxy groups -OCH3 is 1. The van der Waals surface area contributed by atoms with Crippen LogP contribution in [0, 0.1) is 0 Å². The molecule has 0 fully saturated rings. The fourth-order valence-electron chi connectivity index (χ4n) is 3.12. The minimum Gasteiger partial charge on any atom is -0.497 e. The van der Waals surface area contributed by atoms with Crippen molar-refractivity contribution in [3.05, 3.63) is 109 Å². The lowest BCUT2D eigenvalue weighted by Gasteiger charge is -2.17. The summed E-state index contributed by atoms with van der Waals surface area (Å²) in [4.78, 5) is 1.33. The molecule has 194 valence electrons. The molecule has 6 nitrogen and oxygen atoms in total. The number of thioether (sulfide) groups is 1. The number of aliphatic hydroxyl groups excluding tert-OH is 1. The minimum absolute atomic E-state index is 0.0873. The van der Waals surface area contributed by atoms with E-state index in [1.54, 1.807) is 18.9 Å². The summed E-state index contributed by atoms with van der Waals surface area (Å²) in [5.41, 5.74) is 0.904. The first-order valence-electron chi connectivity index (χ1n) is 11.8. The minimum atomic E-state index is 0.0873. The molecule has 4 aromatic carbocycles. The zero-order valence-electron chi connectivity index (χ0n) is 21.0. The second-order valence-corrected chi connectivity index (χ2v) is 8.40. The van der Waals surface area contributed by atoms with Crippen LogP contribution in [-0.4, -0.2) is 38.5 Å². The van der Waals surface area contributed by atoms with Crippen molar-refractivity contribution in [1.82, 2.24) is 0 Å². The molecule has 0 amide bonds. The van der Waals surface area contributed by atoms with E-state index in [4.69, 9.17) is 28.8 Å². The maximum absolute atomic E-state index is 8.66. The van der Waals surface area contributed by atoms with Crippen LogP contribution >= 0.6 is 11.8 Å². The molecule has 6 rings (SSSR count). The smallest absolute Gasteiger partial charge is 0.231 e. The molecule has 0 saturated carbocycles. The van der Waals surface area contributed by atoms with E-state index in [-0.39, 0.29) is 6.61 Å². The highest BCUT2D eigenvalue weighted by Crippen LogP contribution is 2.30. The molecule has 0 atom stereocenters. The van der Waals surface area contributed by atoms with Gasteiger partial charge < -0.3 is 28.8 Å². The standard InChI is InChI=1S/C8H8O2.C8H10O2.C7H6O2.C7H8S/c1-2-4-8-7(3-1)9-5-6-10-8;1-10-8-4-2-7(6-9)3-5-8;1-2-4-7-6(3-1)8-5-9-7;1-8-7-5-3-2-4-6-7/h1-4H,5-6H2;2-5,9H,6H2,1H3;1-4H,5H2;2-6H,1H3. The SMILES string of the molecule is COc1ccc(CO)cc1.CSc1ccccc1.c1ccc2c(c1)OCCO2.c1ccc2c(c1)OCO2. The van der Waals surface area contributed by atoms with Crippen LogP contribution in [0.3, 0.4) is 0 Å². The van der Waals surface area contributed by atoms with Crippen molar-refractivity contribution in [3.8, 4) is 28.7 Å². The Balaban J connectivity index is 0.000000138. The molecule has 0 saturated heterocycles. The molecule has 7 heteroatoms. The summed E-state index contributed by atoms with van der Waals surface area (Å²) in [5, 5.41) is 8.66. The molecule has 0 unspecified atom stereocenters. The van der Waals surface area contributed by atoms with Crippen LogP contribution in [0.4, 0.5) is 0 Å². The summed E-state index contributed by atoms with van der Waals surface area (Å²) >= 11 is 1.77. The number of benzene rings is 4. The Morgan fingerprint density at radius 2 is 1.11 bits per heavy atom. The monoisotopic (exact) mass is 520 g/mol. The highest BCUT2D eigenvalue weighted by Gasteiger charge is 2.09. The summed E-state index contributed by atoms with van der Waals surface area (Å²) in [5.74, 6) is 4.22. The largest absolute Gasteiger partial charge is 0.497 e. The van der Waals surface area contributed by atoms with Gasteiger partial charge in [0.05, 0.1) is 13.7 Å². The molecule has 1 N–H and O–H groups in total. The normalized spacial score (nSPS) is 11.9. The second kappa shape index (κ2) is 16.0. The molecule has 0 aromatic heterocycles. The van der Waals surface area contributed by atoms with Gasteiger partial charge >= 0.3 is 0 Å². The van der Waals surface area contributed by atoms with Crippen molar-refractivity contribution in [3.63, 3.8) is 0 Å². The lowest BCUT2D eigenvalue weighted by molar-refractivity contribution is 0.171. The molecular weight excluding hydrogens is 488 g/mol. The van der Waals surface area contributed by atoms with Gasteiger partial charge in [0.1, 0.15) is 19.0 Å². The summed E-state index contributed by atoms with van der Waals surface area (Å²) in [6, 6.07) is 33.0. The van der Waals surface area contributed by atoms with Crippen LogP contribution in [-0.2, 0) is 6.61 Å². The van der Waals surface area contributed by atoms with Crippen molar-refractivity contribution in [2.45, 2.75) is 11.5 Å². The van der Waals surface area contributed by atoms with Gasteiger partial charge in [-0.05, 0) is 60.4 Å². The van der Waals surface area contributed by atoms with E-state index < -0.39 is 0 Å². The first-order valence-corrected chi connectivity index (χ1v) is 13.0. The topological polar surface area (TPSA) is 66.4 Å². The molecule has 4 aromatic rings. The number of ether oxygens (including phenoxy) is 5. The Morgan fingerprint density at radius 3 is 1.51 bits per heavy atom. The summed E-state index contributed by atoms with van der Waals surface area (Å²) < 4.78 is 25.7. The predicted molar refractivity (Wildman–Crippen MR) is 147 cm³/mol. The quantitative estimate of drug-likeness (QED) is 0.311. The average Bonchev–Trinajstić information content (AvgIpc) is 3.48. The van der Waals surface area contributed by atoms with Crippen LogP contribution in [0.1, 0.15) is 5.56 Å². The molecule has 2 heterocycles. The van der Waals surface area contributed by atoms with E-state index >= 15 is 0 Å². The number of hydrogen-bond donors (Lipinski definition) is 1. The van der Waals surface area contributed by atoms with Gasteiger partial charge in [-0.15, -0.1) is 11.8 Å². The van der Waals surface area contributed by atoms with E-state index in [0.717, 1.165) is 34.3 Å². The third-order valence-corrected chi connectivity index (χ3v) is 5.79. The van der Waals surface area contributed by atoms with E-state index in [0.29, 0.717) is 20.0 Å². The van der Waals surface area contributed by atoms with Crippen LogP contribution in [0.25, 0.3) is 0 Å². The highest BCUT2D eigenvalue weighted by atomic mass is 32.2. The zero-order valence-corrected chi connectivity index (χ0v) is 21.9. The molecule has 0 aliphatic carbocycles. The van der Waals surface area contributed by atoms with Crippen molar-refractivity contribution in [2.24, 2.45) is 0 Å². The van der Waals surface area contributed by atoms with E-state index in [1.807, 2.05) is 91.0 Å². The Labute approximate surface area is 222 Å². The van der Waals surface area contributed by atoms with Crippen LogP contribution < -0.4 is 23.7 Å². The van der Waals surface area contributed by atoms with E-state index in [2.05, 4.69) is 18.4 Å². The maximum atomic E-state index is 8.66. The Kier molecular flexibility index (Phi) is 12.0. The molecule has 0 spiro atoms.